The van der Waals surface area contributed by atoms with E-state index in [9.17, 15) is 10.2 Å². The molecule has 2 aromatic carbocycles. The first kappa shape index (κ1) is 13.5. The van der Waals surface area contributed by atoms with Gasteiger partial charge in [-0.25, -0.2) is 0 Å². The van der Waals surface area contributed by atoms with Crippen molar-refractivity contribution in [1.82, 2.24) is 0 Å². The molecular weight excluding hydrogens is 310 g/mol. The Morgan fingerprint density at radius 1 is 1.21 bits per heavy atom. The normalized spacial score (nSPS) is 10.2. The summed E-state index contributed by atoms with van der Waals surface area (Å²) in [5, 5.41) is 22.3. The van der Waals surface area contributed by atoms with Crippen LogP contribution in [-0.4, -0.2) is 17.3 Å². The SMILES string of the molecule is COc1cc(CNc2cccc(O)c2)cc(Br)c1O. The summed E-state index contributed by atoms with van der Waals surface area (Å²) < 4.78 is 5.67. The van der Waals surface area contributed by atoms with Gasteiger partial charge in [-0.2, -0.15) is 0 Å². The second-order valence-electron chi connectivity index (χ2n) is 4.03. The molecule has 0 aliphatic heterocycles. The first-order valence-corrected chi connectivity index (χ1v) is 6.47. The fourth-order valence-corrected chi connectivity index (χ4v) is 2.19. The fraction of sp³-hybridized carbons (Fsp3) is 0.143. The number of phenols is 2. The van der Waals surface area contributed by atoms with Crippen molar-refractivity contribution in [3.8, 4) is 17.2 Å². The molecule has 2 aromatic rings. The van der Waals surface area contributed by atoms with E-state index < -0.39 is 0 Å². The van der Waals surface area contributed by atoms with Crippen molar-refractivity contribution in [2.45, 2.75) is 6.54 Å². The third-order valence-electron chi connectivity index (χ3n) is 2.65. The van der Waals surface area contributed by atoms with Crippen molar-refractivity contribution >= 4 is 21.6 Å². The molecule has 0 atom stereocenters. The zero-order chi connectivity index (χ0) is 13.8. The van der Waals surface area contributed by atoms with Crippen LogP contribution in [0.3, 0.4) is 0 Å². The molecule has 0 fully saturated rings. The van der Waals surface area contributed by atoms with Gasteiger partial charge in [-0.1, -0.05) is 6.07 Å². The van der Waals surface area contributed by atoms with Crippen molar-refractivity contribution in [1.29, 1.82) is 0 Å². The molecule has 0 saturated carbocycles. The molecule has 0 aliphatic rings. The van der Waals surface area contributed by atoms with Gasteiger partial charge in [0, 0.05) is 18.3 Å². The molecule has 0 saturated heterocycles. The van der Waals surface area contributed by atoms with Crippen LogP contribution in [0.25, 0.3) is 0 Å². The van der Waals surface area contributed by atoms with Crippen LogP contribution in [0, 0.1) is 0 Å². The quantitative estimate of drug-likeness (QED) is 0.806. The van der Waals surface area contributed by atoms with Gasteiger partial charge >= 0.3 is 0 Å². The molecule has 4 nitrogen and oxygen atoms in total. The Labute approximate surface area is 119 Å². The first-order chi connectivity index (χ1) is 9.10. The third kappa shape index (κ3) is 3.32. The van der Waals surface area contributed by atoms with Crippen LogP contribution in [0.15, 0.2) is 40.9 Å². The van der Waals surface area contributed by atoms with Gasteiger partial charge in [0.15, 0.2) is 11.5 Å². The van der Waals surface area contributed by atoms with Crippen LogP contribution >= 0.6 is 15.9 Å². The summed E-state index contributed by atoms with van der Waals surface area (Å²) in [5.41, 5.74) is 1.77. The maximum Gasteiger partial charge on any atom is 0.172 e. The number of aromatic hydroxyl groups is 2. The summed E-state index contributed by atoms with van der Waals surface area (Å²) in [5.74, 6) is 0.722. The highest BCUT2D eigenvalue weighted by molar-refractivity contribution is 9.10. The number of ether oxygens (including phenoxy) is 1. The minimum atomic E-state index is 0.0867. The van der Waals surface area contributed by atoms with Crippen LogP contribution in [0.5, 0.6) is 17.2 Å². The number of halogens is 1. The van der Waals surface area contributed by atoms with Crippen LogP contribution in [0.4, 0.5) is 5.69 Å². The highest BCUT2D eigenvalue weighted by Gasteiger charge is 2.08. The van der Waals surface area contributed by atoms with Gasteiger partial charge < -0.3 is 20.3 Å². The molecule has 19 heavy (non-hydrogen) atoms. The Bertz CT molecular complexity index is 587. The smallest absolute Gasteiger partial charge is 0.172 e. The maximum atomic E-state index is 9.72. The van der Waals surface area contributed by atoms with E-state index >= 15 is 0 Å². The van der Waals surface area contributed by atoms with E-state index in [4.69, 9.17) is 4.74 Å². The monoisotopic (exact) mass is 323 g/mol. The summed E-state index contributed by atoms with van der Waals surface area (Å²) in [4.78, 5) is 0. The highest BCUT2D eigenvalue weighted by atomic mass is 79.9. The minimum absolute atomic E-state index is 0.0867. The van der Waals surface area contributed by atoms with Crippen molar-refractivity contribution in [3.63, 3.8) is 0 Å². The van der Waals surface area contributed by atoms with Crippen LogP contribution in [0.1, 0.15) is 5.56 Å². The lowest BCUT2D eigenvalue weighted by molar-refractivity contribution is 0.371. The average molecular weight is 324 g/mol. The molecule has 0 spiro atoms. The minimum Gasteiger partial charge on any atom is -0.508 e. The molecule has 100 valence electrons. The zero-order valence-electron chi connectivity index (χ0n) is 10.4. The molecule has 2 rings (SSSR count). The maximum absolute atomic E-state index is 9.72. The number of methoxy groups -OCH3 is 1. The first-order valence-electron chi connectivity index (χ1n) is 5.68. The summed E-state index contributed by atoms with van der Waals surface area (Å²) >= 11 is 3.28. The van der Waals surface area contributed by atoms with Crippen molar-refractivity contribution in [3.05, 3.63) is 46.4 Å². The van der Waals surface area contributed by atoms with E-state index in [1.165, 1.54) is 7.11 Å². The van der Waals surface area contributed by atoms with Gasteiger partial charge in [0.2, 0.25) is 0 Å². The summed E-state index contributed by atoms with van der Waals surface area (Å²) in [7, 11) is 1.51. The fourth-order valence-electron chi connectivity index (χ4n) is 1.70. The summed E-state index contributed by atoms with van der Waals surface area (Å²) in [6.07, 6.45) is 0. The Morgan fingerprint density at radius 3 is 2.68 bits per heavy atom. The molecule has 0 heterocycles. The third-order valence-corrected chi connectivity index (χ3v) is 3.26. The molecule has 0 aromatic heterocycles. The average Bonchev–Trinajstić information content (AvgIpc) is 2.40. The van der Waals surface area contributed by atoms with Crippen LogP contribution < -0.4 is 10.1 Å². The van der Waals surface area contributed by atoms with E-state index in [0.29, 0.717) is 16.8 Å². The Balaban J connectivity index is 2.13. The van der Waals surface area contributed by atoms with Crippen molar-refractivity contribution in [2.24, 2.45) is 0 Å². The van der Waals surface area contributed by atoms with Gasteiger partial charge in [-0.15, -0.1) is 0 Å². The number of phenolic OH excluding ortho intramolecular Hbond substituents is 2. The molecule has 0 bridgehead atoms. The molecule has 5 heteroatoms. The van der Waals surface area contributed by atoms with Gasteiger partial charge in [0.25, 0.3) is 0 Å². The number of hydrogen-bond acceptors (Lipinski definition) is 4. The molecule has 0 radical (unpaired) electrons. The zero-order valence-corrected chi connectivity index (χ0v) is 11.9. The summed E-state index contributed by atoms with van der Waals surface area (Å²) in [6.45, 7) is 0.554. The molecule has 0 amide bonds. The Morgan fingerprint density at radius 2 is 2.00 bits per heavy atom. The topological polar surface area (TPSA) is 61.7 Å². The van der Waals surface area contributed by atoms with E-state index in [2.05, 4.69) is 21.2 Å². The Kier molecular flexibility index (Phi) is 4.16. The largest absolute Gasteiger partial charge is 0.508 e. The van der Waals surface area contributed by atoms with Crippen molar-refractivity contribution < 1.29 is 14.9 Å². The number of benzene rings is 2. The number of rotatable bonds is 4. The lowest BCUT2D eigenvalue weighted by atomic mass is 10.2. The molecule has 0 unspecified atom stereocenters. The van der Waals surface area contributed by atoms with Gasteiger partial charge in [-0.05, 0) is 45.8 Å². The predicted molar refractivity (Wildman–Crippen MR) is 77.8 cm³/mol. The Hall–Kier alpha value is -1.88. The van der Waals surface area contributed by atoms with E-state index in [-0.39, 0.29) is 11.5 Å². The standard InChI is InChI=1S/C14H14BrNO3/c1-19-13-6-9(5-12(15)14(13)18)8-16-10-3-2-4-11(17)7-10/h2-7,16-18H,8H2,1H3. The van der Waals surface area contributed by atoms with Crippen LogP contribution in [0.2, 0.25) is 0 Å². The van der Waals surface area contributed by atoms with Crippen molar-refractivity contribution in [2.75, 3.05) is 12.4 Å². The second kappa shape index (κ2) is 5.84. The van der Waals surface area contributed by atoms with Gasteiger partial charge in [0.1, 0.15) is 5.75 Å². The molecular formula is C14H14BrNO3. The van der Waals surface area contributed by atoms with Gasteiger partial charge in [-0.3, -0.25) is 0 Å². The molecule has 3 N–H and O–H groups in total. The lowest BCUT2D eigenvalue weighted by Gasteiger charge is -2.10. The highest BCUT2D eigenvalue weighted by Crippen LogP contribution is 2.35. The van der Waals surface area contributed by atoms with Crippen LogP contribution in [-0.2, 0) is 6.54 Å². The second-order valence-corrected chi connectivity index (χ2v) is 4.89. The lowest BCUT2D eigenvalue weighted by Crippen LogP contribution is -2.00. The van der Waals surface area contributed by atoms with E-state index in [1.807, 2.05) is 12.1 Å². The number of anilines is 1. The number of hydrogen-bond donors (Lipinski definition) is 3. The number of nitrogens with one attached hydrogen (secondary N) is 1. The van der Waals surface area contributed by atoms with Gasteiger partial charge in [0.05, 0.1) is 11.6 Å². The predicted octanol–water partition coefficient (Wildman–Crippen LogP) is 3.48. The summed E-state index contributed by atoms with van der Waals surface area (Å²) in [6, 6.07) is 10.5. The van der Waals surface area contributed by atoms with E-state index in [1.54, 1.807) is 24.3 Å². The molecule has 0 aliphatic carbocycles. The van der Waals surface area contributed by atoms with E-state index in [0.717, 1.165) is 11.3 Å².